The number of ether oxygens (including phenoxy) is 1. The van der Waals surface area contributed by atoms with Crippen LogP contribution in [0.2, 0.25) is 15.1 Å². The van der Waals surface area contributed by atoms with E-state index in [1.54, 1.807) is 22.7 Å². The lowest BCUT2D eigenvalue weighted by Crippen LogP contribution is -2.66. The highest BCUT2D eigenvalue weighted by atomic mass is 35.5. The summed E-state index contributed by atoms with van der Waals surface area (Å²) in [6.45, 7) is 12.0. The molecule has 0 saturated heterocycles. The Balaban J connectivity index is 0.000000221. The first-order valence-corrected chi connectivity index (χ1v) is 20.3. The van der Waals surface area contributed by atoms with Gasteiger partial charge >= 0.3 is 0 Å². The summed E-state index contributed by atoms with van der Waals surface area (Å²) in [4.78, 5) is 0. The van der Waals surface area contributed by atoms with Crippen LogP contribution in [0, 0.1) is 13.8 Å². The zero-order valence-electron chi connectivity index (χ0n) is 27.2. The van der Waals surface area contributed by atoms with Gasteiger partial charge in [-0.25, -0.2) is 0 Å². The molecule has 0 fully saturated rings. The van der Waals surface area contributed by atoms with Crippen LogP contribution in [0.4, 0.5) is 0 Å². The summed E-state index contributed by atoms with van der Waals surface area (Å²) in [5, 5.41) is 26.6. The van der Waals surface area contributed by atoms with E-state index in [-0.39, 0.29) is 5.04 Å². The average Bonchev–Trinajstić information content (AvgIpc) is 3.81. The van der Waals surface area contributed by atoms with E-state index in [9.17, 15) is 0 Å². The van der Waals surface area contributed by atoms with E-state index in [4.69, 9.17) is 44.0 Å². The highest BCUT2D eigenvalue weighted by Crippen LogP contribution is 2.38. The van der Waals surface area contributed by atoms with Gasteiger partial charge in [0.05, 0.1) is 29.1 Å². The molecule has 14 heteroatoms. The van der Waals surface area contributed by atoms with Crippen molar-refractivity contribution in [3.8, 4) is 10.0 Å². The molecule has 0 bridgehead atoms. The van der Waals surface area contributed by atoms with E-state index in [1.165, 1.54) is 10.4 Å². The van der Waals surface area contributed by atoms with E-state index >= 15 is 0 Å². The molecule has 6 aromatic rings. The highest BCUT2D eigenvalue weighted by molar-refractivity contribution is 7.13. The number of alkyl halides is 1. The van der Waals surface area contributed by atoms with Gasteiger partial charge in [-0.15, -0.1) is 54.7 Å². The van der Waals surface area contributed by atoms with Gasteiger partial charge in [-0.2, -0.15) is 0 Å². The van der Waals surface area contributed by atoms with E-state index in [2.05, 4.69) is 89.7 Å². The molecule has 0 N–H and O–H groups in total. The Morgan fingerprint density at radius 1 is 0.792 bits per heavy atom. The van der Waals surface area contributed by atoms with E-state index in [1.807, 2.05) is 45.9 Å². The van der Waals surface area contributed by atoms with Crippen molar-refractivity contribution in [2.45, 2.75) is 65.4 Å². The molecule has 0 radical (unpaired) electrons. The molecule has 1 aliphatic rings. The number of thiophene rings is 2. The maximum absolute atomic E-state index is 7.06. The number of halogens is 3. The molecule has 0 atom stereocenters. The molecule has 0 aliphatic carbocycles. The Labute approximate surface area is 304 Å². The van der Waals surface area contributed by atoms with Crippen LogP contribution in [0.1, 0.15) is 55.2 Å². The van der Waals surface area contributed by atoms with Crippen molar-refractivity contribution < 1.29 is 9.16 Å². The van der Waals surface area contributed by atoms with Crippen LogP contribution < -0.4 is 10.4 Å². The van der Waals surface area contributed by atoms with Crippen LogP contribution in [0.5, 0.6) is 0 Å². The maximum Gasteiger partial charge on any atom is 0.261 e. The number of aromatic nitrogens is 6. The van der Waals surface area contributed by atoms with Crippen LogP contribution in [-0.2, 0) is 34.9 Å². The molecule has 7 rings (SSSR count). The first-order chi connectivity index (χ1) is 23.1. The van der Waals surface area contributed by atoms with E-state index in [0.29, 0.717) is 30.7 Å². The molecule has 48 heavy (non-hydrogen) atoms. The van der Waals surface area contributed by atoms with Crippen LogP contribution in [0.3, 0.4) is 0 Å². The Hall–Kier alpha value is -2.87. The second-order valence-corrected chi connectivity index (χ2v) is 19.4. The fourth-order valence-corrected chi connectivity index (χ4v) is 13.7. The van der Waals surface area contributed by atoms with Crippen molar-refractivity contribution in [3.05, 3.63) is 116 Å². The van der Waals surface area contributed by atoms with Crippen LogP contribution in [0.15, 0.2) is 71.4 Å². The third kappa shape index (κ3) is 6.55. The van der Waals surface area contributed by atoms with Gasteiger partial charge in [0.15, 0.2) is 11.6 Å². The fraction of sp³-hybridized carbons (Fsp3) is 0.294. The number of fused-ring (bicyclic) bond motifs is 3. The SMILES string of the molecule is Cc1nnc(CO[Si](c2ccccc2)(c2ccccc2)C(C)(C)C)n1-c1scc(Cl)c1CCl.Cc1nnc2n1-c1scc(Cl)c1COC2. The number of aryl methyl sites for hydroxylation is 2. The lowest BCUT2D eigenvalue weighted by atomic mass is 10.2. The van der Waals surface area contributed by atoms with Gasteiger partial charge in [-0.3, -0.25) is 9.13 Å². The third-order valence-electron chi connectivity index (χ3n) is 8.28. The predicted molar refractivity (Wildman–Crippen MR) is 198 cm³/mol. The molecule has 1 aliphatic heterocycles. The quantitative estimate of drug-likeness (QED) is 0.120. The lowest BCUT2D eigenvalue weighted by molar-refractivity contribution is 0.105. The summed E-state index contributed by atoms with van der Waals surface area (Å²) in [6.07, 6.45) is 0. The first kappa shape index (κ1) is 35.0. The molecule has 2 aromatic carbocycles. The zero-order chi connectivity index (χ0) is 34.1. The fourth-order valence-electron chi connectivity index (χ4n) is 6.04. The topological polar surface area (TPSA) is 79.9 Å². The molecule has 4 aromatic heterocycles. The standard InChI is InChI=1S/C25H27Cl2N3OSSi.C9H8ClN3OS/c1-18-28-29-23(30(18)24-21(15-26)22(27)17-32-24)16-31-33(25(2,3)4,19-11-7-5-8-12-19)20-13-9-6-10-14-20;1-5-11-12-8-3-14-2-6-7(10)4-15-9(6)13(5)8/h5-14,17H,15-16H2,1-4H3;4H,2-3H2,1H3. The van der Waals surface area contributed by atoms with Gasteiger partial charge in [0, 0.05) is 21.9 Å². The Morgan fingerprint density at radius 3 is 2.00 bits per heavy atom. The van der Waals surface area contributed by atoms with Gasteiger partial charge in [0.25, 0.3) is 8.32 Å². The summed E-state index contributed by atoms with van der Waals surface area (Å²) >= 11 is 21.8. The lowest BCUT2D eigenvalue weighted by Gasteiger charge is -2.42. The first-order valence-electron chi connectivity index (χ1n) is 15.3. The van der Waals surface area contributed by atoms with E-state index < -0.39 is 8.32 Å². The summed E-state index contributed by atoms with van der Waals surface area (Å²) in [5.41, 5.74) is 1.92. The van der Waals surface area contributed by atoms with Crippen LogP contribution in [0.25, 0.3) is 10.0 Å². The highest BCUT2D eigenvalue weighted by Gasteiger charge is 2.50. The second-order valence-electron chi connectivity index (χ2n) is 12.3. The minimum absolute atomic E-state index is 0.122. The smallest absolute Gasteiger partial charge is 0.261 e. The van der Waals surface area contributed by atoms with Crippen LogP contribution in [-0.4, -0.2) is 37.8 Å². The summed E-state index contributed by atoms with van der Waals surface area (Å²) in [7, 11) is -2.69. The van der Waals surface area contributed by atoms with Gasteiger partial charge < -0.3 is 9.16 Å². The monoisotopic (exact) mass is 756 g/mol. The minimum Gasteiger partial charge on any atom is -0.400 e. The van der Waals surface area contributed by atoms with Crippen molar-refractivity contribution >= 4 is 76.2 Å². The molecular weight excluding hydrogens is 723 g/mol. The summed E-state index contributed by atoms with van der Waals surface area (Å²) in [6, 6.07) is 21.2. The maximum atomic E-state index is 7.06. The number of nitrogens with zero attached hydrogens (tertiary/aromatic N) is 6. The number of benzene rings is 2. The van der Waals surface area contributed by atoms with Gasteiger partial charge in [-0.05, 0) is 29.3 Å². The van der Waals surface area contributed by atoms with Crippen molar-refractivity contribution in [1.82, 2.24) is 29.5 Å². The number of hydrogen-bond acceptors (Lipinski definition) is 8. The van der Waals surface area contributed by atoms with Crippen molar-refractivity contribution in [2.24, 2.45) is 0 Å². The molecule has 0 saturated carbocycles. The summed E-state index contributed by atoms with van der Waals surface area (Å²) in [5.74, 6) is 3.55. The largest absolute Gasteiger partial charge is 0.400 e. The molecule has 8 nitrogen and oxygen atoms in total. The molecule has 0 amide bonds. The zero-order valence-corrected chi connectivity index (χ0v) is 32.1. The number of rotatable bonds is 7. The molecule has 5 heterocycles. The average molecular weight is 758 g/mol. The van der Waals surface area contributed by atoms with Crippen molar-refractivity contribution in [1.29, 1.82) is 0 Å². The normalized spacial score (nSPS) is 13.0. The van der Waals surface area contributed by atoms with E-state index in [0.717, 1.165) is 49.4 Å². The Bertz CT molecular complexity index is 1960. The Morgan fingerprint density at radius 2 is 1.38 bits per heavy atom. The van der Waals surface area contributed by atoms with Gasteiger partial charge in [0.2, 0.25) is 0 Å². The molecule has 0 spiro atoms. The number of hydrogen-bond donors (Lipinski definition) is 0. The van der Waals surface area contributed by atoms with Crippen LogP contribution >= 0.6 is 57.5 Å². The third-order valence-corrected chi connectivity index (χ3v) is 16.5. The molecular formula is C34H35Cl3N6O2S2Si. The molecule has 250 valence electrons. The van der Waals surface area contributed by atoms with Gasteiger partial charge in [-0.1, -0.05) is 105 Å². The second kappa shape index (κ2) is 14.5. The van der Waals surface area contributed by atoms with Crippen molar-refractivity contribution in [2.75, 3.05) is 0 Å². The molecule has 0 unspecified atom stereocenters. The minimum atomic E-state index is -2.69. The van der Waals surface area contributed by atoms with Crippen molar-refractivity contribution in [3.63, 3.8) is 0 Å². The Kier molecular flexibility index (Phi) is 10.6. The van der Waals surface area contributed by atoms with Gasteiger partial charge in [0.1, 0.15) is 28.3 Å². The predicted octanol–water partition coefficient (Wildman–Crippen LogP) is 8.43. The summed E-state index contributed by atoms with van der Waals surface area (Å²) < 4.78 is 16.6.